The Kier molecular flexibility index (Phi) is 6.08. The fraction of sp³-hybridized carbons (Fsp3) is 0. The van der Waals surface area contributed by atoms with E-state index in [2.05, 4.69) is 5.73 Å². The summed E-state index contributed by atoms with van der Waals surface area (Å²) in [5, 5.41) is 0. The molecule has 0 aliphatic heterocycles. The van der Waals surface area contributed by atoms with Gasteiger partial charge in [-0.3, -0.25) is 4.79 Å². The van der Waals surface area contributed by atoms with Crippen LogP contribution in [0.4, 0.5) is 4.79 Å². The van der Waals surface area contributed by atoms with Crippen molar-refractivity contribution in [2.75, 3.05) is 0 Å². The second-order valence-electron chi connectivity index (χ2n) is 0.882. The van der Waals surface area contributed by atoms with E-state index in [1.54, 1.807) is 0 Å². The number of carbonyl (C=O) groups is 1. The quantitative estimate of drug-likeness (QED) is 0.416. The van der Waals surface area contributed by atoms with E-state index in [0.717, 1.165) is 0 Å². The number of carbonyl (C=O) groups excluding carboxylic acids is 1. The summed E-state index contributed by atoms with van der Waals surface area (Å²) in [5.74, 6) is 0. The van der Waals surface area contributed by atoms with Crippen LogP contribution in [0.5, 0.6) is 0 Å². The molecule has 0 aliphatic rings. The van der Waals surface area contributed by atoms with Crippen LogP contribution >= 0.6 is 7.60 Å². The average molecular weight is 263 g/mol. The molecule has 4 N–H and O–H groups in total. The molecule has 0 aromatic heterocycles. The molecule has 0 aliphatic carbocycles. The first-order valence-corrected chi connectivity index (χ1v) is 2.91. The van der Waals surface area contributed by atoms with Crippen LogP contribution in [-0.4, -0.2) is 64.3 Å². The van der Waals surface area contributed by atoms with Crippen LogP contribution in [-0.2, 0) is 4.57 Å². The van der Waals surface area contributed by atoms with E-state index in [-0.39, 0.29) is 50.3 Å². The van der Waals surface area contributed by atoms with Gasteiger partial charge in [0.15, 0.2) is 0 Å². The van der Waals surface area contributed by atoms with Crippen molar-refractivity contribution in [1.82, 2.24) is 0 Å². The number of amides is 1. The van der Waals surface area contributed by atoms with Gasteiger partial charge in [0.2, 0.25) is 0 Å². The van der Waals surface area contributed by atoms with Gasteiger partial charge in [0.05, 0.1) is 0 Å². The van der Waals surface area contributed by atoms with Crippen molar-refractivity contribution in [3.05, 3.63) is 0 Å². The molecule has 0 fully saturated rings. The molecule has 0 radical (unpaired) electrons. The van der Waals surface area contributed by atoms with Gasteiger partial charge in [0, 0.05) is 0 Å². The SMILES string of the molecule is NC(=O)P(=O)(O)O.[Ba+2].[H+]. The van der Waals surface area contributed by atoms with Gasteiger partial charge in [-0.05, 0) is 0 Å². The third kappa shape index (κ3) is 5.33. The molecule has 1 amide bonds. The van der Waals surface area contributed by atoms with E-state index in [9.17, 15) is 9.36 Å². The van der Waals surface area contributed by atoms with Crippen LogP contribution in [0, 0.1) is 0 Å². The molecular weight excluding hydrogens is 258 g/mol. The Hall–Kier alpha value is 1.19. The summed E-state index contributed by atoms with van der Waals surface area (Å²) in [4.78, 5) is 24.9. The second-order valence-corrected chi connectivity index (χ2v) is 2.41. The molecule has 7 heteroatoms. The minimum absolute atomic E-state index is 0. The number of primary amides is 1. The van der Waals surface area contributed by atoms with Crippen molar-refractivity contribution in [1.29, 1.82) is 0 Å². The summed E-state index contributed by atoms with van der Waals surface area (Å²) in [5.41, 5.74) is 2.58. The predicted molar refractivity (Wildman–Crippen MR) is 28.5 cm³/mol. The minimum atomic E-state index is -4.60. The molecule has 0 saturated carbocycles. The molecule has 0 heterocycles. The number of hydrogen-bond donors (Lipinski definition) is 3. The van der Waals surface area contributed by atoms with Crippen molar-refractivity contribution in [2.45, 2.75) is 0 Å². The van der Waals surface area contributed by atoms with E-state index in [4.69, 9.17) is 9.79 Å². The van der Waals surface area contributed by atoms with Gasteiger partial charge >= 0.3 is 63.6 Å². The second kappa shape index (κ2) is 4.08. The third-order valence-corrected chi connectivity index (χ3v) is 0.861. The topological polar surface area (TPSA) is 101 Å². The van der Waals surface area contributed by atoms with E-state index < -0.39 is 13.2 Å². The van der Waals surface area contributed by atoms with Gasteiger partial charge in [-0.1, -0.05) is 0 Å². The molecule has 0 rings (SSSR count). The predicted octanol–water partition coefficient (Wildman–Crippen LogP) is -1.03. The van der Waals surface area contributed by atoms with Gasteiger partial charge in [-0.2, -0.15) is 0 Å². The maximum atomic E-state index is 9.55. The summed E-state index contributed by atoms with van der Waals surface area (Å²) in [6.45, 7) is 0. The fourth-order valence-electron chi connectivity index (χ4n) is 0. The molecule has 42 valence electrons. The zero-order valence-corrected chi connectivity index (χ0v) is 9.28. The molecule has 0 unspecified atom stereocenters. The van der Waals surface area contributed by atoms with Crippen LogP contribution in [0.15, 0.2) is 0 Å². The van der Waals surface area contributed by atoms with Crippen molar-refractivity contribution in [3.8, 4) is 0 Å². The van der Waals surface area contributed by atoms with Crippen LogP contribution in [0.2, 0.25) is 0 Å². The Bertz CT molecular complexity index is 133. The standard InChI is InChI=1S/CH4NO4P.Ba/c2-1(3)7(4,5)6;/h(H2,2,3)(H2,4,5,6);/q;+2/p+1. The summed E-state index contributed by atoms with van der Waals surface area (Å²) in [7, 11) is -4.60. The number of rotatable bonds is 1. The average Bonchev–Trinajstić information content (AvgIpc) is 1.31. The molecule has 5 nitrogen and oxygen atoms in total. The van der Waals surface area contributed by atoms with Gasteiger partial charge < -0.3 is 15.5 Å². The van der Waals surface area contributed by atoms with E-state index in [1.807, 2.05) is 0 Å². The fourth-order valence-corrected chi connectivity index (χ4v) is 0. The van der Waals surface area contributed by atoms with Crippen molar-refractivity contribution in [2.24, 2.45) is 5.73 Å². The molecule has 0 aromatic carbocycles. The minimum Gasteiger partial charge on any atom is -0.359 e. The summed E-state index contributed by atoms with van der Waals surface area (Å²) in [6, 6.07) is 0. The first kappa shape index (κ1) is 11.9. The normalized spacial score (nSPS) is 9.75. The maximum Gasteiger partial charge on any atom is 2.00 e. The summed E-state index contributed by atoms with van der Waals surface area (Å²) >= 11 is 0. The zero-order valence-electron chi connectivity index (χ0n) is 4.94. The van der Waals surface area contributed by atoms with Crippen molar-refractivity contribution >= 4 is 62.1 Å². The zero-order chi connectivity index (χ0) is 6.08. The molecule has 0 spiro atoms. The number of hydrogen-bond acceptors (Lipinski definition) is 2. The monoisotopic (exact) mass is 264 g/mol. The number of nitrogens with two attached hydrogens (primary N) is 1. The van der Waals surface area contributed by atoms with E-state index >= 15 is 0 Å². The molecule has 8 heavy (non-hydrogen) atoms. The van der Waals surface area contributed by atoms with Gasteiger partial charge in [-0.15, -0.1) is 0 Å². The summed E-state index contributed by atoms with van der Waals surface area (Å²) in [6.07, 6.45) is 0. The van der Waals surface area contributed by atoms with Crippen molar-refractivity contribution < 1.29 is 20.6 Å². The largest absolute Gasteiger partial charge is 2.00 e. The van der Waals surface area contributed by atoms with Crippen LogP contribution in [0.3, 0.4) is 0 Å². The van der Waals surface area contributed by atoms with E-state index in [1.165, 1.54) is 0 Å². The maximum absolute atomic E-state index is 9.55. The molecular formula is CH5BaNO4P+3. The smallest absolute Gasteiger partial charge is 0.359 e. The van der Waals surface area contributed by atoms with Gasteiger partial charge in [0.25, 0.3) is 0 Å². The molecule has 0 atom stereocenters. The van der Waals surface area contributed by atoms with Crippen LogP contribution < -0.4 is 5.73 Å². The van der Waals surface area contributed by atoms with E-state index in [0.29, 0.717) is 0 Å². The summed E-state index contributed by atoms with van der Waals surface area (Å²) < 4.78 is 9.55. The Labute approximate surface area is 87.4 Å². The van der Waals surface area contributed by atoms with Crippen LogP contribution in [0.25, 0.3) is 0 Å². The Morgan fingerprint density at radius 1 is 1.62 bits per heavy atom. The van der Waals surface area contributed by atoms with Gasteiger partial charge in [-0.25, -0.2) is 4.57 Å². The molecule has 0 saturated heterocycles. The Morgan fingerprint density at radius 2 is 1.75 bits per heavy atom. The van der Waals surface area contributed by atoms with Crippen LogP contribution in [0.1, 0.15) is 1.43 Å². The Balaban J connectivity index is -0.000000180. The third-order valence-electron chi connectivity index (χ3n) is 0.287. The Morgan fingerprint density at radius 3 is 1.75 bits per heavy atom. The molecule has 0 aromatic rings. The first-order valence-electron chi connectivity index (χ1n) is 1.30. The van der Waals surface area contributed by atoms with Gasteiger partial charge in [0.1, 0.15) is 0 Å². The molecule has 0 bridgehead atoms. The first-order chi connectivity index (χ1) is 2.94. The van der Waals surface area contributed by atoms with Crippen molar-refractivity contribution in [3.63, 3.8) is 0 Å².